The molecule has 1 aromatic rings. The average Bonchev–Trinajstić information content (AvgIpc) is 3.02. The molecule has 2 heterocycles. The van der Waals surface area contributed by atoms with Crippen LogP contribution in [0.3, 0.4) is 0 Å². The number of amides is 1. The Morgan fingerprint density at radius 1 is 1.37 bits per heavy atom. The SMILES string of the molecule is O=C(OCc1ccccc1)N1C[C@@H](O)[C@@H]2COC[C@@H]21. The summed E-state index contributed by atoms with van der Waals surface area (Å²) in [4.78, 5) is 13.6. The fraction of sp³-hybridized carbons (Fsp3) is 0.500. The van der Waals surface area contributed by atoms with Crippen molar-refractivity contribution in [3.8, 4) is 0 Å². The Morgan fingerprint density at radius 3 is 2.95 bits per heavy atom. The lowest BCUT2D eigenvalue weighted by molar-refractivity contribution is 0.0685. The fourth-order valence-corrected chi connectivity index (χ4v) is 2.73. The third-order valence-corrected chi connectivity index (χ3v) is 3.81. The molecule has 0 radical (unpaired) electrons. The van der Waals surface area contributed by atoms with E-state index in [2.05, 4.69) is 0 Å². The summed E-state index contributed by atoms with van der Waals surface area (Å²) < 4.78 is 10.6. The number of aliphatic hydroxyl groups is 1. The zero-order valence-electron chi connectivity index (χ0n) is 10.6. The summed E-state index contributed by atoms with van der Waals surface area (Å²) in [5.41, 5.74) is 0.954. The molecule has 0 aromatic heterocycles. The van der Waals surface area contributed by atoms with Crippen molar-refractivity contribution >= 4 is 6.09 Å². The van der Waals surface area contributed by atoms with Crippen LogP contribution in [0.15, 0.2) is 30.3 Å². The van der Waals surface area contributed by atoms with E-state index in [1.165, 1.54) is 0 Å². The van der Waals surface area contributed by atoms with Gasteiger partial charge in [-0.15, -0.1) is 0 Å². The van der Waals surface area contributed by atoms with Gasteiger partial charge in [0.15, 0.2) is 0 Å². The summed E-state index contributed by atoms with van der Waals surface area (Å²) in [5, 5.41) is 9.87. The largest absolute Gasteiger partial charge is 0.445 e. The predicted molar refractivity (Wildman–Crippen MR) is 67.4 cm³/mol. The van der Waals surface area contributed by atoms with Crippen LogP contribution in [0.1, 0.15) is 5.56 Å². The minimum absolute atomic E-state index is 0.0317. The minimum atomic E-state index is -0.503. The molecule has 3 rings (SSSR count). The van der Waals surface area contributed by atoms with Crippen LogP contribution in [0, 0.1) is 5.92 Å². The molecule has 5 heteroatoms. The van der Waals surface area contributed by atoms with Gasteiger partial charge in [0, 0.05) is 5.92 Å². The van der Waals surface area contributed by atoms with E-state index in [4.69, 9.17) is 9.47 Å². The monoisotopic (exact) mass is 263 g/mol. The highest BCUT2D eigenvalue weighted by molar-refractivity contribution is 5.68. The molecule has 2 fully saturated rings. The minimum Gasteiger partial charge on any atom is -0.445 e. The van der Waals surface area contributed by atoms with E-state index in [-0.39, 0.29) is 24.7 Å². The summed E-state index contributed by atoms with van der Waals surface area (Å²) in [6, 6.07) is 9.51. The average molecular weight is 263 g/mol. The maximum absolute atomic E-state index is 12.0. The normalized spacial score (nSPS) is 29.3. The van der Waals surface area contributed by atoms with Crippen molar-refractivity contribution in [2.75, 3.05) is 19.8 Å². The maximum atomic E-state index is 12.0. The van der Waals surface area contributed by atoms with E-state index >= 15 is 0 Å². The molecule has 0 spiro atoms. The highest BCUT2D eigenvalue weighted by Crippen LogP contribution is 2.30. The standard InChI is InChI=1S/C14H17NO4/c16-13-6-15(12-9-18-8-11(12)13)14(17)19-7-10-4-2-1-3-5-10/h1-5,11-13,16H,6-9H2/t11-,12+,13-/m1/s1. The van der Waals surface area contributed by atoms with E-state index in [9.17, 15) is 9.90 Å². The molecule has 2 aliphatic heterocycles. The van der Waals surface area contributed by atoms with Gasteiger partial charge >= 0.3 is 6.09 Å². The van der Waals surface area contributed by atoms with Crippen molar-refractivity contribution in [3.63, 3.8) is 0 Å². The molecule has 2 saturated heterocycles. The number of fused-ring (bicyclic) bond motifs is 1. The van der Waals surface area contributed by atoms with Gasteiger partial charge in [-0.2, -0.15) is 0 Å². The zero-order chi connectivity index (χ0) is 13.2. The molecule has 0 unspecified atom stereocenters. The summed E-state index contributed by atoms with van der Waals surface area (Å²) in [6.45, 7) is 1.60. The molecule has 1 amide bonds. The number of carbonyl (C=O) groups is 1. The Labute approximate surface area is 111 Å². The number of carbonyl (C=O) groups excluding carboxylic acids is 1. The zero-order valence-corrected chi connectivity index (χ0v) is 10.6. The lowest BCUT2D eigenvalue weighted by atomic mass is 10.0. The maximum Gasteiger partial charge on any atom is 0.410 e. The number of rotatable bonds is 2. The molecule has 19 heavy (non-hydrogen) atoms. The van der Waals surface area contributed by atoms with Gasteiger partial charge in [0.25, 0.3) is 0 Å². The number of β-amino-alcohol motifs (C(OH)–C–C–N with tert-alkyl or cyclic N) is 1. The first-order valence-corrected chi connectivity index (χ1v) is 6.49. The molecular formula is C14H17NO4. The number of aliphatic hydroxyl groups excluding tert-OH is 1. The van der Waals surface area contributed by atoms with E-state index in [1.807, 2.05) is 30.3 Å². The number of nitrogens with zero attached hydrogens (tertiary/aromatic N) is 1. The van der Waals surface area contributed by atoms with Crippen LogP contribution in [0.5, 0.6) is 0 Å². The van der Waals surface area contributed by atoms with Crippen LogP contribution >= 0.6 is 0 Å². The number of benzene rings is 1. The van der Waals surface area contributed by atoms with Crippen molar-refractivity contribution in [3.05, 3.63) is 35.9 Å². The first-order valence-electron chi connectivity index (χ1n) is 6.49. The molecule has 2 aliphatic rings. The van der Waals surface area contributed by atoms with Crippen LogP contribution in [0.25, 0.3) is 0 Å². The van der Waals surface area contributed by atoms with Crippen LogP contribution in [-0.4, -0.2) is 48.0 Å². The molecule has 102 valence electrons. The highest BCUT2D eigenvalue weighted by atomic mass is 16.6. The number of ether oxygens (including phenoxy) is 2. The van der Waals surface area contributed by atoms with Gasteiger partial charge < -0.3 is 14.6 Å². The van der Waals surface area contributed by atoms with Gasteiger partial charge in [0.2, 0.25) is 0 Å². The van der Waals surface area contributed by atoms with E-state index in [0.29, 0.717) is 19.8 Å². The van der Waals surface area contributed by atoms with E-state index < -0.39 is 6.10 Å². The molecule has 1 aromatic carbocycles. The summed E-state index contributed by atoms with van der Waals surface area (Å²) in [7, 11) is 0. The van der Waals surface area contributed by atoms with Crippen LogP contribution in [0.4, 0.5) is 4.79 Å². The molecule has 5 nitrogen and oxygen atoms in total. The van der Waals surface area contributed by atoms with Gasteiger partial charge in [-0.1, -0.05) is 30.3 Å². The molecule has 0 saturated carbocycles. The highest BCUT2D eigenvalue weighted by Gasteiger charge is 2.47. The fourth-order valence-electron chi connectivity index (χ4n) is 2.73. The summed E-state index contributed by atoms with van der Waals surface area (Å²) in [6.07, 6.45) is -0.877. The van der Waals surface area contributed by atoms with Crippen molar-refractivity contribution in [1.29, 1.82) is 0 Å². The quantitative estimate of drug-likeness (QED) is 0.865. The van der Waals surface area contributed by atoms with E-state index in [0.717, 1.165) is 5.56 Å². The van der Waals surface area contributed by atoms with Crippen molar-refractivity contribution in [1.82, 2.24) is 4.90 Å². The second-order valence-electron chi connectivity index (χ2n) is 5.03. The number of likely N-dealkylation sites (tertiary alicyclic amines) is 1. The van der Waals surface area contributed by atoms with Crippen molar-refractivity contribution in [2.24, 2.45) is 5.92 Å². The van der Waals surface area contributed by atoms with Crippen molar-refractivity contribution < 1.29 is 19.4 Å². The first-order chi connectivity index (χ1) is 9.25. The lowest BCUT2D eigenvalue weighted by Gasteiger charge is -2.21. The second-order valence-corrected chi connectivity index (χ2v) is 5.03. The molecule has 0 aliphatic carbocycles. The first kappa shape index (κ1) is 12.4. The topological polar surface area (TPSA) is 59.0 Å². The number of hydrogen-bond acceptors (Lipinski definition) is 4. The van der Waals surface area contributed by atoms with E-state index in [1.54, 1.807) is 4.90 Å². The third-order valence-electron chi connectivity index (χ3n) is 3.81. The van der Waals surface area contributed by atoms with Gasteiger partial charge in [-0.3, -0.25) is 4.90 Å². The van der Waals surface area contributed by atoms with Crippen LogP contribution < -0.4 is 0 Å². The summed E-state index contributed by atoms with van der Waals surface area (Å²) in [5.74, 6) is 0.0317. The lowest BCUT2D eigenvalue weighted by Crippen LogP contribution is -2.38. The van der Waals surface area contributed by atoms with Crippen molar-refractivity contribution in [2.45, 2.75) is 18.8 Å². The van der Waals surface area contributed by atoms with Gasteiger partial charge in [0.05, 0.1) is 31.9 Å². The molecule has 1 N–H and O–H groups in total. The molecule has 0 bridgehead atoms. The van der Waals surface area contributed by atoms with Gasteiger partial charge in [-0.25, -0.2) is 4.79 Å². The van der Waals surface area contributed by atoms with Gasteiger partial charge in [-0.05, 0) is 5.56 Å². The molecular weight excluding hydrogens is 246 g/mol. The Kier molecular flexibility index (Phi) is 3.40. The number of hydrogen-bond donors (Lipinski definition) is 1. The molecule has 3 atom stereocenters. The second kappa shape index (κ2) is 5.19. The van der Waals surface area contributed by atoms with Crippen LogP contribution in [-0.2, 0) is 16.1 Å². The Balaban J connectivity index is 1.59. The Morgan fingerprint density at radius 2 is 2.16 bits per heavy atom. The van der Waals surface area contributed by atoms with Crippen LogP contribution in [0.2, 0.25) is 0 Å². The third kappa shape index (κ3) is 2.43. The summed E-state index contributed by atoms with van der Waals surface area (Å²) >= 11 is 0. The predicted octanol–water partition coefficient (Wildman–Crippen LogP) is 1.01. The van der Waals surface area contributed by atoms with Gasteiger partial charge in [0.1, 0.15) is 6.61 Å². The smallest absolute Gasteiger partial charge is 0.410 e. The Hall–Kier alpha value is -1.59. The Bertz CT molecular complexity index is 450.